The number of carboxylic acids is 2. The summed E-state index contributed by atoms with van der Waals surface area (Å²) in [6, 6.07) is 0. The molecule has 8 heteroatoms. The van der Waals surface area contributed by atoms with Gasteiger partial charge in [-0.2, -0.15) is 0 Å². The van der Waals surface area contributed by atoms with Crippen LogP contribution >= 0.6 is 0 Å². The van der Waals surface area contributed by atoms with Crippen LogP contribution in [0.2, 0.25) is 0 Å². The first-order chi connectivity index (χ1) is 9.29. The molecule has 2 N–H and O–H groups in total. The van der Waals surface area contributed by atoms with E-state index in [4.69, 9.17) is 10.2 Å². The lowest BCUT2D eigenvalue weighted by atomic mass is 10.0. The number of rotatable bonds is 8. The van der Waals surface area contributed by atoms with Crippen molar-refractivity contribution in [3.05, 3.63) is 11.1 Å². The van der Waals surface area contributed by atoms with Gasteiger partial charge in [-0.15, -0.1) is 0 Å². The number of carboxylic acid groups (broad SMARTS) is 2. The number of hydrogen-bond acceptors (Lipinski definition) is 6. The molecule has 0 aromatic rings. The van der Waals surface area contributed by atoms with Gasteiger partial charge in [0.25, 0.3) is 0 Å². The summed E-state index contributed by atoms with van der Waals surface area (Å²) in [5, 5.41) is 17.6. The second-order valence-electron chi connectivity index (χ2n) is 3.85. The fourth-order valence-electron chi connectivity index (χ4n) is 1.32. The van der Waals surface area contributed by atoms with Crippen molar-refractivity contribution in [3.63, 3.8) is 0 Å². The maximum absolute atomic E-state index is 11.2. The van der Waals surface area contributed by atoms with E-state index >= 15 is 0 Å². The number of hydrogen-bond donors (Lipinski definition) is 2. The van der Waals surface area contributed by atoms with E-state index in [1.807, 2.05) is 0 Å². The zero-order chi connectivity index (χ0) is 15.7. The molecule has 0 aliphatic carbocycles. The van der Waals surface area contributed by atoms with Gasteiger partial charge in [-0.05, 0) is 19.8 Å². The number of carbonyl (C=O) groups excluding carboxylic acids is 2. The fourth-order valence-corrected chi connectivity index (χ4v) is 1.32. The van der Waals surface area contributed by atoms with Crippen molar-refractivity contribution in [2.45, 2.75) is 26.2 Å². The van der Waals surface area contributed by atoms with Crippen molar-refractivity contribution in [1.29, 1.82) is 0 Å². The molecule has 0 aromatic carbocycles. The van der Waals surface area contributed by atoms with Crippen molar-refractivity contribution in [2.24, 2.45) is 0 Å². The number of carbonyl (C=O) groups is 4. The summed E-state index contributed by atoms with van der Waals surface area (Å²) in [6.45, 7) is 0.816. The minimum atomic E-state index is -1.35. The molecule has 0 spiro atoms. The molecule has 8 nitrogen and oxygen atoms in total. The van der Waals surface area contributed by atoms with Crippen LogP contribution in [0, 0.1) is 0 Å². The molecule has 0 saturated carbocycles. The van der Waals surface area contributed by atoms with Crippen LogP contribution in [0.1, 0.15) is 26.2 Å². The van der Waals surface area contributed by atoms with Gasteiger partial charge in [0, 0.05) is 24.7 Å². The minimum absolute atomic E-state index is 0.0609. The highest BCUT2D eigenvalue weighted by Gasteiger charge is 2.17. The Morgan fingerprint density at radius 2 is 1.55 bits per heavy atom. The third-order valence-electron chi connectivity index (χ3n) is 2.33. The summed E-state index contributed by atoms with van der Waals surface area (Å²) in [4.78, 5) is 43.7. The Hall–Kier alpha value is -2.22. The normalized spacial score (nSPS) is 11.5. The Morgan fingerprint density at radius 1 is 0.950 bits per heavy atom. The van der Waals surface area contributed by atoms with Gasteiger partial charge in [-0.1, -0.05) is 0 Å². The molecule has 0 heterocycles. The Morgan fingerprint density at radius 3 is 2.00 bits per heavy atom. The van der Waals surface area contributed by atoms with E-state index < -0.39 is 23.9 Å². The molecule has 0 aliphatic rings. The number of aliphatic carboxylic acids is 2. The SMILES string of the molecule is COCC(=O)OC(=O)CCC/C(C(=O)O)=C(/C)C(=O)O. The van der Waals surface area contributed by atoms with Crippen molar-refractivity contribution >= 4 is 23.9 Å². The average Bonchev–Trinajstić information content (AvgIpc) is 2.33. The van der Waals surface area contributed by atoms with E-state index in [0.29, 0.717) is 0 Å². The van der Waals surface area contributed by atoms with Gasteiger partial charge in [-0.25, -0.2) is 14.4 Å². The molecule has 0 unspecified atom stereocenters. The molecule has 0 aliphatic heterocycles. The van der Waals surface area contributed by atoms with E-state index in [1.165, 1.54) is 14.0 Å². The number of esters is 2. The van der Waals surface area contributed by atoms with Crippen LogP contribution in [0.25, 0.3) is 0 Å². The third-order valence-corrected chi connectivity index (χ3v) is 2.33. The van der Waals surface area contributed by atoms with Crippen LogP contribution in [0.3, 0.4) is 0 Å². The van der Waals surface area contributed by atoms with Crippen LogP contribution in [0.5, 0.6) is 0 Å². The lowest BCUT2D eigenvalue weighted by Gasteiger charge is -2.05. The lowest BCUT2D eigenvalue weighted by molar-refractivity contribution is -0.162. The van der Waals surface area contributed by atoms with Crippen molar-refractivity contribution < 1.29 is 38.9 Å². The van der Waals surface area contributed by atoms with E-state index in [0.717, 1.165) is 0 Å². The molecule has 0 radical (unpaired) electrons. The summed E-state index contributed by atoms with van der Waals surface area (Å²) < 4.78 is 8.82. The first kappa shape index (κ1) is 17.8. The molecule has 0 bridgehead atoms. The first-order valence-electron chi connectivity index (χ1n) is 5.68. The maximum atomic E-state index is 11.2. The van der Waals surface area contributed by atoms with Gasteiger partial charge in [0.1, 0.15) is 6.61 Å². The van der Waals surface area contributed by atoms with Crippen molar-refractivity contribution in [3.8, 4) is 0 Å². The molecule has 112 valence electrons. The Balaban J connectivity index is 4.37. The van der Waals surface area contributed by atoms with Gasteiger partial charge >= 0.3 is 23.9 Å². The quantitative estimate of drug-likeness (QED) is 0.372. The summed E-state index contributed by atoms with van der Waals surface area (Å²) in [7, 11) is 1.27. The minimum Gasteiger partial charge on any atom is -0.478 e. The van der Waals surface area contributed by atoms with Crippen LogP contribution in [-0.2, 0) is 28.7 Å². The van der Waals surface area contributed by atoms with Crippen LogP contribution in [0.15, 0.2) is 11.1 Å². The second kappa shape index (κ2) is 8.81. The Bertz CT molecular complexity index is 435. The fraction of sp³-hybridized carbons (Fsp3) is 0.500. The third kappa shape index (κ3) is 6.64. The smallest absolute Gasteiger partial charge is 0.339 e. The highest BCUT2D eigenvalue weighted by molar-refractivity contribution is 5.98. The molecule has 20 heavy (non-hydrogen) atoms. The average molecular weight is 288 g/mol. The van der Waals surface area contributed by atoms with E-state index in [1.54, 1.807) is 0 Å². The van der Waals surface area contributed by atoms with Crippen LogP contribution < -0.4 is 0 Å². The molecular formula is C12H16O8. The van der Waals surface area contributed by atoms with Crippen molar-refractivity contribution in [2.75, 3.05) is 13.7 Å². The zero-order valence-electron chi connectivity index (χ0n) is 11.2. The molecule has 0 atom stereocenters. The molecule has 0 rings (SSSR count). The maximum Gasteiger partial charge on any atom is 0.339 e. The highest BCUT2D eigenvalue weighted by Crippen LogP contribution is 2.14. The lowest BCUT2D eigenvalue weighted by Crippen LogP contribution is -2.16. The molecule has 0 aromatic heterocycles. The van der Waals surface area contributed by atoms with Crippen LogP contribution in [0.4, 0.5) is 0 Å². The van der Waals surface area contributed by atoms with Gasteiger partial charge in [0.2, 0.25) is 0 Å². The summed E-state index contributed by atoms with van der Waals surface area (Å²) in [6.07, 6.45) is -0.245. The van der Waals surface area contributed by atoms with Gasteiger partial charge in [0.15, 0.2) is 0 Å². The zero-order valence-corrected chi connectivity index (χ0v) is 11.2. The highest BCUT2D eigenvalue weighted by atomic mass is 16.6. The van der Waals surface area contributed by atoms with Gasteiger partial charge < -0.3 is 19.7 Å². The summed E-state index contributed by atoms with van der Waals surface area (Å²) >= 11 is 0. The molecule has 0 amide bonds. The topological polar surface area (TPSA) is 127 Å². The van der Waals surface area contributed by atoms with Gasteiger partial charge in [-0.3, -0.25) is 4.79 Å². The van der Waals surface area contributed by atoms with E-state index in [-0.39, 0.29) is 37.0 Å². The molecule has 0 fully saturated rings. The van der Waals surface area contributed by atoms with E-state index in [2.05, 4.69) is 9.47 Å². The largest absolute Gasteiger partial charge is 0.478 e. The monoisotopic (exact) mass is 288 g/mol. The summed E-state index contributed by atoms with van der Waals surface area (Å²) in [5.74, 6) is -4.34. The van der Waals surface area contributed by atoms with E-state index in [9.17, 15) is 19.2 Å². The number of ether oxygens (including phenoxy) is 2. The Kier molecular flexibility index (Phi) is 7.83. The van der Waals surface area contributed by atoms with Gasteiger partial charge in [0.05, 0.1) is 0 Å². The number of methoxy groups -OCH3 is 1. The Labute approximate surface area is 115 Å². The summed E-state index contributed by atoms with van der Waals surface area (Å²) in [5.41, 5.74) is -0.574. The van der Waals surface area contributed by atoms with Crippen molar-refractivity contribution in [1.82, 2.24) is 0 Å². The standard InChI is InChI=1S/C12H16O8/c1-7(11(15)16)8(12(17)18)4-3-5-9(13)20-10(14)6-19-2/h3-6H2,1-2H3,(H,15,16)(H,17,18)/b8-7+. The molecular weight excluding hydrogens is 272 g/mol. The first-order valence-corrected chi connectivity index (χ1v) is 5.68. The van der Waals surface area contributed by atoms with Crippen LogP contribution in [-0.4, -0.2) is 47.8 Å². The second-order valence-corrected chi connectivity index (χ2v) is 3.85. The predicted octanol–water partition coefficient (Wildman–Crippen LogP) is 0.359. The predicted molar refractivity (Wildman–Crippen MR) is 64.8 cm³/mol. The molecule has 0 saturated heterocycles.